The first-order chi connectivity index (χ1) is 13.4. The number of carbonyl (C=O) groups excluding carboxylic acids is 1. The van der Waals surface area contributed by atoms with E-state index >= 15 is 0 Å². The molecule has 158 valence electrons. The molecular formula is C21H33FN2O4. The Balaban J connectivity index is 2.02. The molecule has 28 heavy (non-hydrogen) atoms. The summed E-state index contributed by atoms with van der Waals surface area (Å²) < 4.78 is 18.3. The maximum absolute atomic E-state index is 12.8. The number of nitrogens with one attached hydrogen (secondary N) is 1. The number of carboxylic acids is 1. The molecule has 0 fully saturated rings. The molecule has 0 saturated carbocycles. The minimum absolute atomic E-state index is 0.0656. The van der Waals surface area contributed by atoms with Crippen LogP contribution in [0, 0.1) is 5.82 Å². The number of carbonyl (C=O) groups is 2. The maximum atomic E-state index is 12.8. The molecule has 0 aromatic heterocycles. The quantitative estimate of drug-likeness (QED) is 0.444. The fourth-order valence-electron chi connectivity index (χ4n) is 2.93. The summed E-state index contributed by atoms with van der Waals surface area (Å²) in [5, 5.41) is 11.7. The number of ether oxygens (including phenoxy) is 1. The van der Waals surface area contributed by atoms with E-state index in [4.69, 9.17) is 9.84 Å². The fourth-order valence-corrected chi connectivity index (χ4v) is 2.93. The topological polar surface area (TPSA) is 78.9 Å². The van der Waals surface area contributed by atoms with Crippen molar-refractivity contribution in [2.45, 2.75) is 57.4 Å². The summed E-state index contributed by atoms with van der Waals surface area (Å²) in [4.78, 5) is 24.7. The Hall–Kier alpha value is -2.15. The molecule has 0 heterocycles. The SMILES string of the molecule is CN(C)CC(CC(=O)O)NC(=O)CCCCCCCCOc1ccc(F)cc1. The third kappa shape index (κ3) is 12.3. The molecule has 1 amide bonds. The molecule has 1 atom stereocenters. The average molecular weight is 397 g/mol. The first-order valence-electron chi connectivity index (χ1n) is 9.91. The summed E-state index contributed by atoms with van der Waals surface area (Å²) in [5.41, 5.74) is 0. The Bertz CT molecular complexity index is 578. The van der Waals surface area contributed by atoms with E-state index in [0.717, 1.165) is 38.5 Å². The second-order valence-corrected chi connectivity index (χ2v) is 7.30. The number of hydrogen-bond donors (Lipinski definition) is 2. The van der Waals surface area contributed by atoms with Gasteiger partial charge < -0.3 is 20.1 Å². The van der Waals surface area contributed by atoms with Gasteiger partial charge in [0.05, 0.1) is 19.1 Å². The number of amides is 1. The molecule has 0 aliphatic carbocycles. The maximum Gasteiger partial charge on any atom is 0.305 e. The van der Waals surface area contributed by atoms with E-state index in [-0.39, 0.29) is 24.2 Å². The van der Waals surface area contributed by atoms with Crippen molar-refractivity contribution in [3.05, 3.63) is 30.1 Å². The van der Waals surface area contributed by atoms with E-state index in [1.54, 1.807) is 12.1 Å². The molecule has 1 rings (SSSR count). The predicted molar refractivity (Wildman–Crippen MR) is 107 cm³/mol. The summed E-state index contributed by atoms with van der Waals surface area (Å²) in [6.07, 6.45) is 6.28. The lowest BCUT2D eigenvalue weighted by Gasteiger charge is -2.20. The number of carboxylic acid groups (broad SMARTS) is 1. The lowest BCUT2D eigenvalue weighted by atomic mass is 10.1. The number of likely N-dealkylation sites (N-methyl/N-ethyl adjacent to an activating group) is 1. The van der Waals surface area contributed by atoms with Crippen LogP contribution in [0.4, 0.5) is 4.39 Å². The van der Waals surface area contributed by atoms with Gasteiger partial charge in [0.1, 0.15) is 11.6 Å². The summed E-state index contributed by atoms with van der Waals surface area (Å²) in [5.74, 6) is -0.574. The van der Waals surface area contributed by atoms with Gasteiger partial charge in [-0.2, -0.15) is 0 Å². The highest BCUT2D eigenvalue weighted by Crippen LogP contribution is 2.12. The molecule has 6 nitrogen and oxygen atoms in total. The highest BCUT2D eigenvalue weighted by molar-refractivity contribution is 5.77. The van der Waals surface area contributed by atoms with Crippen LogP contribution in [0.1, 0.15) is 51.4 Å². The van der Waals surface area contributed by atoms with E-state index in [1.807, 2.05) is 19.0 Å². The molecular weight excluding hydrogens is 363 g/mol. The number of rotatable bonds is 15. The Labute approximate surface area is 167 Å². The van der Waals surface area contributed by atoms with Crippen molar-refractivity contribution in [2.24, 2.45) is 0 Å². The summed E-state index contributed by atoms with van der Waals surface area (Å²) in [7, 11) is 3.71. The van der Waals surface area contributed by atoms with Gasteiger partial charge in [-0.25, -0.2) is 4.39 Å². The lowest BCUT2D eigenvalue weighted by Crippen LogP contribution is -2.42. The van der Waals surface area contributed by atoms with Crippen molar-refractivity contribution < 1.29 is 23.8 Å². The molecule has 0 spiro atoms. The highest BCUT2D eigenvalue weighted by atomic mass is 19.1. The zero-order chi connectivity index (χ0) is 20.8. The van der Waals surface area contributed by atoms with Crippen molar-refractivity contribution in [1.82, 2.24) is 10.2 Å². The van der Waals surface area contributed by atoms with Gasteiger partial charge in [-0.15, -0.1) is 0 Å². The Morgan fingerprint density at radius 2 is 1.68 bits per heavy atom. The van der Waals surface area contributed by atoms with Gasteiger partial charge in [0, 0.05) is 13.0 Å². The van der Waals surface area contributed by atoms with Crippen LogP contribution in [-0.4, -0.2) is 55.2 Å². The van der Waals surface area contributed by atoms with Gasteiger partial charge in [-0.3, -0.25) is 9.59 Å². The van der Waals surface area contributed by atoms with Crippen LogP contribution in [-0.2, 0) is 9.59 Å². The zero-order valence-corrected chi connectivity index (χ0v) is 17.0. The predicted octanol–water partition coefficient (Wildman–Crippen LogP) is 3.46. The largest absolute Gasteiger partial charge is 0.494 e. The van der Waals surface area contributed by atoms with Crippen LogP contribution in [0.25, 0.3) is 0 Å². The summed E-state index contributed by atoms with van der Waals surface area (Å²) in [6.45, 7) is 1.13. The van der Waals surface area contributed by atoms with Gasteiger partial charge >= 0.3 is 5.97 Å². The molecule has 1 aromatic rings. The van der Waals surface area contributed by atoms with Crippen molar-refractivity contribution in [1.29, 1.82) is 0 Å². The van der Waals surface area contributed by atoms with Crippen LogP contribution in [0.15, 0.2) is 24.3 Å². The molecule has 0 radical (unpaired) electrons. The van der Waals surface area contributed by atoms with Crippen molar-refractivity contribution in [3.63, 3.8) is 0 Å². The molecule has 1 unspecified atom stereocenters. The number of halogens is 1. The van der Waals surface area contributed by atoms with Gasteiger partial charge in [-0.1, -0.05) is 25.7 Å². The highest BCUT2D eigenvalue weighted by Gasteiger charge is 2.16. The van der Waals surface area contributed by atoms with Crippen molar-refractivity contribution in [3.8, 4) is 5.75 Å². The fraction of sp³-hybridized carbons (Fsp3) is 0.619. The molecule has 1 aromatic carbocycles. The molecule has 0 aliphatic heterocycles. The molecule has 0 saturated heterocycles. The van der Waals surface area contributed by atoms with E-state index in [1.165, 1.54) is 12.1 Å². The van der Waals surface area contributed by atoms with Crippen molar-refractivity contribution in [2.75, 3.05) is 27.2 Å². The monoisotopic (exact) mass is 396 g/mol. The number of aliphatic carboxylic acids is 1. The van der Waals surface area contributed by atoms with Crippen LogP contribution in [0.3, 0.4) is 0 Å². The van der Waals surface area contributed by atoms with Gasteiger partial charge in [0.2, 0.25) is 5.91 Å². The van der Waals surface area contributed by atoms with Crippen molar-refractivity contribution >= 4 is 11.9 Å². The number of unbranched alkanes of at least 4 members (excludes halogenated alkanes) is 5. The molecule has 7 heteroatoms. The Morgan fingerprint density at radius 3 is 2.29 bits per heavy atom. The second-order valence-electron chi connectivity index (χ2n) is 7.30. The third-order valence-corrected chi connectivity index (χ3v) is 4.25. The van der Waals surface area contributed by atoms with Gasteiger partial charge in [0.15, 0.2) is 0 Å². The summed E-state index contributed by atoms with van der Waals surface area (Å²) >= 11 is 0. The van der Waals surface area contributed by atoms with Crippen LogP contribution < -0.4 is 10.1 Å². The van der Waals surface area contributed by atoms with Gasteiger partial charge in [-0.05, 0) is 51.2 Å². The minimum atomic E-state index is -0.907. The Kier molecular flexibility index (Phi) is 11.9. The molecule has 0 bridgehead atoms. The standard InChI is InChI=1S/C21H33FN2O4/c1-24(2)16-18(15-21(26)27)23-20(25)9-7-5-3-4-6-8-14-28-19-12-10-17(22)11-13-19/h10-13,18H,3-9,14-16H2,1-2H3,(H,23,25)(H,26,27). The van der Waals surface area contributed by atoms with Gasteiger partial charge in [0.25, 0.3) is 0 Å². The first kappa shape index (κ1) is 23.9. The number of nitrogens with zero attached hydrogens (tertiary/aromatic N) is 1. The minimum Gasteiger partial charge on any atom is -0.494 e. The van der Waals surface area contributed by atoms with E-state index in [9.17, 15) is 14.0 Å². The second kappa shape index (κ2) is 13.9. The first-order valence-corrected chi connectivity index (χ1v) is 9.91. The normalized spacial score (nSPS) is 12.0. The number of benzene rings is 1. The van der Waals surface area contributed by atoms with E-state index in [2.05, 4.69) is 5.32 Å². The smallest absolute Gasteiger partial charge is 0.305 e. The number of hydrogen-bond acceptors (Lipinski definition) is 4. The van der Waals surface area contributed by atoms with Crippen LogP contribution in [0.5, 0.6) is 5.75 Å². The van der Waals surface area contributed by atoms with E-state index in [0.29, 0.717) is 25.3 Å². The Morgan fingerprint density at radius 1 is 1.07 bits per heavy atom. The molecule has 0 aliphatic rings. The van der Waals surface area contributed by atoms with Crippen LogP contribution >= 0.6 is 0 Å². The third-order valence-electron chi connectivity index (χ3n) is 4.25. The molecule has 2 N–H and O–H groups in total. The summed E-state index contributed by atoms with van der Waals surface area (Å²) in [6, 6.07) is 5.66. The lowest BCUT2D eigenvalue weighted by molar-refractivity contribution is -0.137. The average Bonchev–Trinajstić information content (AvgIpc) is 2.60. The van der Waals surface area contributed by atoms with E-state index < -0.39 is 5.97 Å². The zero-order valence-electron chi connectivity index (χ0n) is 17.0. The van der Waals surface area contributed by atoms with Crippen LogP contribution in [0.2, 0.25) is 0 Å².